The number of carbonyl (C=O) groups is 1. The molecular weight excluding hydrogens is 344 g/mol. The van der Waals surface area contributed by atoms with E-state index in [1.807, 2.05) is 48.5 Å². The van der Waals surface area contributed by atoms with Gasteiger partial charge in [-0.05, 0) is 42.3 Å². The molecule has 1 saturated heterocycles. The van der Waals surface area contributed by atoms with Gasteiger partial charge in [-0.2, -0.15) is 0 Å². The number of benzene rings is 2. The average molecular weight is 368 g/mol. The molecule has 1 N–H and O–H groups in total. The summed E-state index contributed by atoms with van der Waals surface area (Å²) < 4.78 is 16.9. The van der Waals surface area contributed by atoms with Crippen molar-refractivity contribution >= 4 is 17.3 Å². The molecule has 4 rings (SSSR count). The minimum Gasteiger partial charge on any atom is -0.453 e. The van der Waals surface area contributed by atoms with Crippen LogP contribution in [0.1, 0.15) is 12.0 Å². The highest BCUT2D eigenvalue weighted by Gasteiger charge is 2.44. The van der Waals surface area contributed by atoms with Crippen molar-refractivity contribution < 1.29 is 19.0 Å². The number of para-hydroxylation sites is 1. The van der Waals surface area contributed by atoms with Crippen LogP contribution in [-0.4, -0.2) is 45.1 Å². The molecule has 0 aliphatic carbocycles. The minimum atomic E-state index is -1.31. The van der Waals surface area contributed by atoms with E-state index in [4.69, 9.17) is 14.2 Å². The van der Waals surface area contributed by atoms with E-state index in [0.29, 0.717) is 12.2 Å². The van der Waals surface area contributed by atoms with E-state index in [2.05, 4.69) is 10.2 Å². The van der Waals surface area contributed by atoms with E-state index in [0.717, 1.165) is 49.7 Å². The lowest BCUT2D eigenvalue weighted by atomic mass is 9.99. The maximum Gasteiger partial charge on any atom is 0.297 e. The first-order valence-electron chi connectivity index (χ1n) is 9.26. The fourth-order valence-electron chi connectivity index (χ4n) is 3.54. The van der Waals surface area contributed by atoms with Crippen LogP contribution in [0.2, 0.25) is 0 Å². The maximum atomic E-state index is 12.9. The van der Waals surface area contributed by atoms with E-state index in [9.17, 15) is 4.79 Å². The Bertz CT molecular complexity index is 802. The number of hydrogen-bond donors (Lipinski definition) is 1. The number of nitrogens with one attached hydrogen (secondary N) is 1. The maximum absolute atomic E-state index is 12.9. The zero-order valence-electron chi connectivity index (χ0n) is 15.4. The Morgan fingerprint density at radius 3 is 2.59 bits per heavy atom. The van der Waals surface area contributed by atoms with Gasteiger partial charge in [0.15, 0.2) is 0 Å². The summed E-state index contributed by atoms with van der Waals surface area (Å²) in [4.78, 5) is 15.2. The molecule has 2 aliphatic heterocycles. The normalized spacial score (nSPS) is 21.9. The number of ether oxygens (including phenoxy) is 3. The van der Waals surface area contributed by atoms with Crippen LogP contribution in [0.15, 0.2) is 48.5 Å². The molecule has 6 nitrogen and oxygen atoms in total. The number of nitrogens with zero attached hydrogens (tertiary/aromatic N) is 1. The van der Waals surface area contributed by atoms with Gasteiger partial charge in [0.25, 0.3) is 11.7 Å². The van der Waals surface area contributed by atoms with Crippen LogP contribution in [-0.2, 0) is 20.7 Å². The third-order valence-electron chi connectivity index (χ3n) is 5.15. The third-order valence-corrected chi connectivity index (χ3v) is 5.15. The number of amides is 1. The molecule has 0 bridgehead atoms. The summed E-state index contributed by atoms with van der Waals surface area (Å²) in [5.41, 5.74) is 2.93. The van der Waals surface area contributed by atoms with Crippen molar-refractivity contribution in [2.45, 2.75) is 18.6 Å². The molecule has 0 spiro atoms. The van der Waals surface area contributed by atoms with E-state index >= 15 is 0 Å². The second-order valence-electron chi connectivity index (χ2n) is 6.77. The summed E-state index contributed by atoms with van der Waals surface area (Å²) in [5.74, 6) is -0.904. The quantitative estimate of drug-likeness (QED) is 0.899. The average Bonchev–Trinajstić information content (AvgIpc) is 2.74. The third kappa shape index (κ3) is 3.63. The fourth-order valence-corrected chi connectivity index (χ4v) is 3.54. The van der Waals surface area contributed by atoms with Gasteiger partial charge in [0.05, 0.1) is 13.2 Å². The van der Waals surface area contributed by atoms with Gasteiger partial charge in [-0.15, -0.1) is 0 Å². The molecule has 6 heteroatoms. The van der Waals surface area contributed by atoms with Crippen molar-refractivity contribution in [2.24, 2.45) is 0 Å². The topological polar surface area (TPSA) is 60.0 Å². The van der Waals surface area contributed by atoms with Crippen molar-refractivity contribution in [3.8, 4) is 5.75 Å². The minimum absolute atomic E-state index is 0.293. The van der Waals surface area contributed by atoms with Gasteiger partial charge in [-0.3, -0.25) is 4.79 Å². The van der Waals surface area contributed by atoms with Gasteiger partial charge in [-0.1, -0.05) is 18.2 Å². The zero-order chi connectivity index (χ0) is 18.7. The van der Waals surface area contributed by atoms with Gasteiger partial charge in [-0.25, -0.2) is 0 Å². The molecule has 0 saturated carbocycles. The van der Waals surface area contributed by atoms with Crippen LogP contribution in [0.5, 0.6) is 5.75 Å². The second-order valence-corrected chi connectivity index (χ2v) is 6.77. The number of aryl methyl sites for hydroxylation is 1. The molecule has 1 unspecified atom stereocenters. The Morgan fingerprint density at radius 1 is 1.11 bits per heavy atom. The van der Waals surface area contributed by atoms with Crippen LogP contribution in [0, 0.1) is 0 Å². The Labute approximate surface area is 159 Å². The lowest BCUT2D eigenvalue weighted by Crippen LogP contribution is -2.51. The number of morpholine rings is 1. The summed E-state index contributed by atoms with van der Waals surface area (Å²) in [6, 6.07) is 15.6. The van der Waals surface area contributed by atoms with Crippen molar-refractivity contribution in [3.63, 3.8) is 0 Å². The molecular formula is C21H24N2O4. The second kappa shape index (κ2) is 7.58. The molecule has 2 aliphatic rings. The molecule has 2 aromatic rings. The van der Waals surface area contributed by atoms with E-state index in [-0.39, 0.29) is 5.91 Å². The number of rotatable bonds is 4. The lowest BCUT2D eigenvalue weighted by Gasteiger charge is -2.35. The van der Waals surface area contributed by atoms with Crippen molar-refractivity contribution in [2.75, 3.05) is 43.6 Å². The molecule has 0 aromatic heterocycles. The van der Waals surface area contributed by atoms with E-state index < -0.39 is 5.79 Å². The van der Waals surface area contributed by atoms with Crippen molar-refractivity contribution in [1.82, 2.24) is 0 Å². The SMILES string of the molecule is COC1(C(=O)Nc2ccc(N3CCOCC3)cc2)CCc2ccccc2O1. The van der Waals surface area contributed by atoms with Crippen LogP contribution >= 0.6 is 0 Å². The Kier molecular flexibility index (Phi) is 5.01. The Balaban J connectivity index is 1.46. The predicted molar refractivity (Wildman–Crippen MR) is 103 cm³/mol. The largest absolute Gasteiger partial charge is 0.453 e. The number of hydrogen-bond acceptors (Lipinski definition) is 5. The highest BCUT2D eigenvalue weighted by molar-refractivity contribution is 5.96. The summed E-state index contributed by atoms with van der Waals surface area (Å²) in [7, 11) is 1.51. The van der Waals surface area contributed by atoms with Gasteiger partial charge in [0.1, 0.15) is 5.75 Å². The molecule has 27 heavy (non-hydrogen) atoms. The molecule has 1 fully saturated rings. The molecule has 142 valence electrons. The van der Waals surface area contributed by atoms with Gasteiger partial charge in [0.2, 0.25) is 0 Å². The number of methoxy groups -OCH3 is 1. The first kappa shape index (κ1) is 17.8. The monoisotopic (exact) mass is 368 g/mol. The predicted octanol–water partition coefficient (Wildman–Crippen LogP) is 2.83. The van der Waals surface area contributed by atoms with Crippen molar-refractivity contribution in [3.05, 3.63) is 54.1 Å². The van der Waals surface area contributed by atoms with E-state index in [1.54, 1.807) is 0 Å². The van der Waals surface area contributed by atoms with Gasteiger partial charge >= 0.3 is 0 Å². The van der Waals surface area contributed by atoms with Crippen LogP contribution in [0.3, 0.4) is 0 Å². The lowest BCUT2D eigenvalue weighted by molar-refractivity contribution is -0.185. The van der Waals surface area contributed by atoms with Crippen LogP contribution in [0.4, 0.5) is 11.4 Å². The summed E-state index contributed by atoms with van der Waals surface area (Å²) in [6.45, 7) is 3.25. The highest BCUT2D eigenvalue weighted by atomic mass is 16.7. The number of carbonyl (C=O) groups excluding carboxylic acids is 1. The molecule has 2 heterocycles. The standard InChI is InChI=1S/C21H24N2O4/c1-25-21(11-10-16-4-2-3-5-19(16)27-21)20(24)22-17-6-8-18(9-7-17)23-12-14-26-15-13-23/h2-9H,10-15H2,1H3,(H,22,24). The highest BCUT2D eigenvalue weighted by Crippen LogP contribution is 2.34. The summed E-state index contributed by atoms with van der Waals surface area (Å²) in [5, 5.41) is 2.93. The molecule has 0 radical (unpaired) electrons. The summed E-state index contributed by atoms with van der Waals surface area (Å²) in [6.07, 6.45) is 1.20. The van der Waals surface area contributed by atoms with Gasteiger partial charge in [0, 0.05) is 38.0 Å². The van der Waals surface area contributed by atoms with E-state index in [1.165, 1.54) is 7.11 Å². The number of fused-ring (bicyclic) bond motifs is 1. The fraction of sp³-hybridized carbons (Fsp3) is 0.381. The molecule has 2 aromatic carbocycles. The van der Waals surface area contributed by atoms with Gasteiger partial charge < -0.3 is 24.4 Å². The Hall–Kier alpha value is -2.57. The zero-order valence-corrected chi connectivity index (χ0v) is 15.4. The molecule has 1 atom stereocenters. The first-order valence-corrected chi connectivity index (χ1v) is 9.26. The summed E-state index contributed by atoms with van der Waals surface area (Å²) >= 11 is 0. The van der Waals surface area contributed by atoms with Crippen LogP contribution in [0.25, 0.3) is 0 Å². The number of anilines is 2. The first-order chi connectivity index (χ1) is 13.2. The smallest absolute Gasteiger partial charge is 0.297 e. The Morgan fingerprint density at radius 2 is 1.85 bits per heavy atom. The van der Waals surface area contributed by atoms with Crippen LogP contribution < -0.4 is 15.0 Å². The molecule has 1 amide bonds. The van der Waals surface area contributed by atoms with Crippen molar-refractivity contribution in [1.29, 1.82) is 0 Å².